The molecular formula is C49H93N2O6P. The van der Waals surface area contributed by atoms with Crippen molar-refractivity contribution in [2.45, 2.75) is 238 Å². The van der Waals surface area contributed by atoms with E-state index in [4.69, 9.17) is 14.8 Å². The average molecular weight is 837 g/mol. The van der Waals surface area contributed by atoms with Gasteiger partial charge >= 0.3 is 7.82 Å². The molecule has 0 radical (unpaired) electrons. The van der Waals surface area contributed by atoms with Crippen molar-refractivity contribution < 1.29 is 28.4 Å². The summed E-state index contributed by atoms with van der Waals surface area (Å²) in [4.78, 5) is 22.8. The number of unbranched alkanes of at least 4 members (excludes halogenated alkanes) is 27. The molecule has 5 N–H and O–H groups in total. The highest BCUT2D eigenvalue weighted by molar-refractivity contribution is 7.47. The number of nitrogens with two attached hydrogens (primary N) is 1. The molecule has 0 rings (SSSR count). The Morgan fingerprint density at radius 3 is 1.41 bits per heavy atom. The molecule has 9 heteroatoms. The maximum absolute atomic E-state index is 12.8. The van der Waals surface area contributed by atoms with Gasteiger partial charge in [0, 0.05) is 13.0 Å². The molecule has 0 fully saturated rings. The molecule has 8 nitrogen and oxygen atoms in total. The summed E-state index contributed by atoms with van der Waals surface area (Å²) in [5, 5.41) is 13.7. The third-order valence-corrected chi connectivity index (χ3v) is 11.6. The number of hydrogen-bond acceptors (Lipinski definition) is 6. The van der Waals surface area contributed by atoms with E-state index in [1.165, 1.54) is 141 Å². The molecule has 0 bridgehead atoms. The predicted octanol–water partition coefficient (Wildman–Crippen LogP) is 14.1. The summed E-state index contributed by atoms with van der Waals surface area (Å²) in [5.41, 5.74) is 5.39. The van der Waals surface area contributed by atoms with E-state index < -0.39 is 20.0 Å². The van der Waals surface area contributed by atoms with E-state index in [9.17, 15) is 19.4 Å². The molecule has 3 unspecified atom stereocenters. The van der Waals surface area contributed by atoms with E-state index in [1.54, 1.807) is 6.08 Å². The minimum absolute atomic E-state index is 0.0749. The summed E-state index contributed by atoms with van der Waals surface area (Å²) >= 11 is 0. The fourth-order valence-corrected chi connectivity index (χ4v) is 7.72. The Bertz CT molecular complexity index is 1050. The number of carbonyl (C=O) groups is 1. The standard InChI is InChI=1S/C49H93N2O6P/c1-3-5-7-9-11-13-15-17-19-21-23-25-26-28-30-32-34-36-38-40-42-48(52)47(46-57-58(54,55)56-45-44-50)51-49(53)43-41-39-37-35-33-31-29-27-24-22-20-18-16-14-12-10-8-6-4-2/h12,14,18,20,24,27,40,42,47-48,52H,3-11,13,15-17,19,21-23,25-26,28-39,41,43-46,50H2,1-2H3,(H,51,53)(H,54,55)/b14-12-,20-18-,27-24-,42-40+. The van der Waals surface area contributed by atoms with Crippen LogP contribution in [0, 0.1) is 0 Å². The van der Waals surface area contributed by atoms with Crippen LogP contribution in [0.2, 0.25) is 0 Å². The molecule has 0 aromatic rings. The van der Waals surface area contributed by atoms with Crippen LogP contribution >= 0.6 is 7.82 Å². The largest absolute Gasteiger partial charge is 0.472 e. The second kappa shape index (κ2) is 45.0. The highest BCUT2D eigenvalue weighted by Gasteiger charge is 2.26. The Kier molecular flexibility index (Phi) is 43.8. The van der Waals surface area contributed by atoms with Crippen LogP contribution in [0.4, 0.5) is 0 Å². The number of rotatable bonds is 45. The van der Waals surface area contributed by atoms with Crippen molar-refractivity contribution in [1.82, 2.24) is 5.32 Å². The second-order valence-corrected chi connectivity index (χ2v) is 17.8. The van der Waals surface area contributed by atoms with Crippen molar-refractivity contribution in [3.63, 3.8) is 0 Å². The summed E-state index contributed by atoms with van der Waals surface area (Å²) in [6, 6.07) is -0.869. The third-order valence-electron chi connectivity index (χ3n) is 10.6. The van der Waals surface area contributed by atoms with E-state index in [0.29, 0.717) is 6.42 Å². The van der Waals surface area contributed by atoms with Gasteiger partial charge in [-0.15, -0.1) is 0 Å². The topological polar surface area (TPSA) is 131 Å². The first-order chi connectivity index (χ1) is 28.4. The Hall–Kier alpha value is -1.54. The van der Waals surface area contributed by atoms with E-state index in [1.807, 2.05) is 6.08 Å². The lowest BCUT2D eigenvalue weighted by molar-refractivity contribution is -0.123. The van der Waals surface area contributed by atoms with Crippen LogP contribution in [0.15, 0.2) is 48.6 Å². The van der Waals surface area contributed by atoms with E-state index in [0.717, 1.165) is 64.2 Å². The summed E-state index contributed by atoms with van der Waals surface area (Å²) in [6.45, 7) is 4.11. The van der Waals surface area contributed by atoms with Gasteiger partial charge in [-0.05, 0) is 57.8 Å². The van der Waals surface area contributed by atoms with Crippen molar-refractivity contribution in [3.8, 4) is 0 Å². The van der Waals surface area contributed by atoms with Gasteiger partial charge in [-0.3, -0.25) is 13.8 Å². The van der Waals surface area contributed by atoms with Crippen LogP contribution in [-0.4, -0.2) is 47.8 Å². The zero-order valence-corrected chi connectivity index (χ0v) is 38.7. The SMILES string of the molecule is CCCCC/C=C\C/C=C\C/C=C\CCCCCCCCC(=O)NC(COP(=O)(O)OCCN)C(O)/C=C/CCCCCCCCCCCCCCCCCCCC. The molecule has 0 aliphatic heterocycles. The monoisotopic (exact) mass is 837 g/mol. The lowest BCUT2D eigenvalue weighted by Crippen LogP contribution is -2.45. The van der Waals surface area contributed by atoms with Crippen LogP contribution < -0.4 is 11.1 Å². The third kappa shape index (κ3) is 42.6. The number of aliphatic hydroxyl groups is 1. The molecule has 0 aromatic carbocycles. The van der Waals surface area contributed by atoms with Gasteiger partial charge in [-0.2, -0.15) is 0 Å². The quantitative estimate of drug-likeness (QED) is 0.0273. The van der Waals surface area contributed by atoms with Crippen LogP contribution in [0.25, 0.3) is 0 Å². The van der Waals surface area contributed by atoms with Gasteiger partial charge in [0.1, 0.15) is 0 Å². The minimum Gasteiger partial charge on any atom is -0.387 e. The number of phosphoric acid groups is 1. The lowest BCUT2D eigenvalue weighted by atomic mass is 10.0. The number of hydrogen-bond donors (Lipinski definition) is 4. The van der Waals surface area contributed by atoms with Crippen molar-refractivity contribution >= 4 is 13.7 Å². The molecule has 0 heterocycles. The van der Waals surface area contributed by atoms with Crippen LogP contribution in [0.5, 0.6) is 0 Å². The fourth-order valence-electron chi connectivity index (χ4n) is 6.96. The molecule has 0 aromatic heterocycles. The Morgan fingerprint density at radius 1 is 0.569 bits per heavy atom. The first kappa shape index (κ1) is 56.5. The van der Waals surface area contributed by atoms with Crippen molar-refractivity contribution in [3.05, 3.63) is 48.6 Å². The van der Waals surface area contributed by atoms with Gasteiger partial charge in [0.25, 0.3) is 0 Å². The molecule has 0 aliphatic rings. The van der Waals surface area contributed by atoms with Gasteiger partial charge in [0.2, 0.25) is 5.91 Å². The zero-order valence-electron chi connectivity index (χ0n) is 37.8. The molecule has 58 heavy (non-hydrogen) atoms. The molecule has 0 saturated heterocycles. The van der Waals surface area contributed by atoms with Crippen LogP contribution in [0.3, 0.4) is 0 Å². The molecule has 0 spiro atoms. The maximum atomic E-state index is 12.8. The van der Waals surface area contributed by atoms with Crippen LogP contribution in [-0.2, 0) is 18.4 Å². The number of phosphoric ester groups is 1. The normalized spacial score (nSPS) is 14.4. The highest BCUT2D eigenvalue weighted by atomic mass is 31.2. The molecule has 0 aliphatic carbocycles. The second-order valence-electron chi connectivity index (χ2n) is 16.3. The van der Waals surface area contributed by atoms with Crippen LogP contribution in [0.1, 0.15) is 226 Å². The van der Waals surface area contributed by atoms with E-state index in [2.05, 4.69) is 55.6 Å². The van der Waals surface area contributed by atoms with Crippen molar-refractivity contribution in [2.24, 2.45) is 5.73 Å². The summed E-state index contributed by atoms with van der Waals surface area (Å²) in [5.74, 6) is -0.206. The number of aliphatic hydroxyl groups excluding tert-OH is 1. The summed E-state index contributed by atoms with van der Waals surface area (Å²) < 4.78 is 22.2. The van der Waals surface area contributed by atoms with Gasteiger partial charge in [0.05, 0.1) is 25.4 Å². The van der Waals surface area contributed by atoms with Gasteiger partial charge in [-0.25, -0.2) is 4.57 Å². The Labute approximate surface area is 358 Å². The fraction of sp³-hybridized carbons (Fsp3) is 0.816. The molecule has 1 amide bonds. The first-order valence-corrected chi connectivity index (χ1v) is 25.8. The molecular weight excluding hydrogens is 744 g/mol. The number of carbonyl (C=O) groups excluding carboxylic acids is 1. The van der Waals surface area contributed by atoms with Gasteiger partial charge < -0.3 is 21.1 Å². The van der Waals surface area contributed by atoms with Crippen molar-refractivity contribution in [2.75, 3.05) is 19.8 Å². The van der Waals surface area contributed by atoms with E-state index >= 15 is 0 Å². The lowest BCUT2D eigenvalue weighted by Gasteiger charge is -2.23. The minimum atomic E-state index is -4.35. The predicted molar refractivity (Wildman–Crippen MR) is 249 cm³/mol. The smallest absolute Gasteiger partial charge is 0.387 e. The average Bonchev–Trinajstić information content (AvgIpc) is 3.21. The molecule has 340 valence electrons. The van der Waals surface area contributed by atoms with Gasteiger partial charge in [-0.1, -0.05) is 210 Å². The maximum Gasteiger partial charge on any atom is 0.472 e. The van der Waals surface area contributed by atoms with Crippen molar-refractivity contribution in [1.29, 1.82) is 0 Å². The summed E-state index contributed by atoms with van der Waals surface area (Å²) in [6.07, 6.45) is 55.9. The zero-order chi connectivity index (χ0) is 42.5. The number of allylic oxidation sites excluding steroid dienone is 7. The highest BCUT2D eigenvalue weighted by Crippen LogP contribution is 2.43. The summed E-state index contributed by atoms with van der Waals surface area (Å²) in [7, 11) is -4.35. The molecule has 3 atom stereocenters. The first-order valence-electron chi connectivity index (χ1n) is 24.3. The Balaban J connectivity index is 4.18. The Morgan fingerprint density at radius 2 is 0.948 bits per heavy atom. The van der Waals surface area contributed by atoms with E-state index in [-0.39, 0.29) is 25.7 Å². The molecule has 0 saturated carbocycles. The van der Waals surface area contributed by atoms with Gasteiger partial charge in [0.15, 0.2) is 0 Å². The number of nitrogens with one attached hydrogen (secondary N) is 1. The number of amides is 1.